The zero-order chi connectivity index (χ0) is 10.7. The molecule has 0 saturated heterocycles. The van der Waals surface area contributed by atoms with Crippen molar-refractivity contribution in [1.82, 2.24) is 0 Å². The van der Waals surface area contributed by atoms with E-state index in [9.17, 15) is 4.39 Å². The molecule has 0 spiro atoms. The summed E-state index contributed by atoms with van der Waals surface area (Å²) in [7, 11) is 0. The smallest absolute Gasteiger partial charge is 0.124 e. The van der Waals surface area contributed by atoms with E-state index < -0.39 is 0 Å². The molecule has 0 heterocycles. The molecule has 3 heteroatoms. The largest absolute Gasteiger partial charge is 0.324 e. The Balaban J connectivity index is 2.06. The molecule has 3 rings (SSSR count). The number of nitrogens with two attached hydrogens (primary N) is 1. The van der Waals surface area contributed by atoms with E-state index >= 15 is 0 Å². The van der Waals surface area contributed by atoms with Crippen molar-refractivity contribution in [3.63, 3.8) is 0 Å². The second-order valence-electron chi connectivity index (χ2n) is 4.90. The number of hydrogen-bond donors (Lipinski definition) is 1. The minimum absolute atomic E-state index is 0.0265. The quantitative estimate of drug-likeness (QED) is 0.823. The lowest BCUT2D eigenvalue weighted by molar-refractivity contribution is 0.499. The standard InChI is InChI=1S/C12H13ClFN/c13-9-5-8(6-10(14)7-9)11(1-2-11)12(15)3-4-12/h5-7H,1-4,15H2. The fourth-order valence-electron chi connectivity index (χ4n) is 2.64. The summed E-state index contributed by atoms with van der Waals surface area (Å²) in [5, 5.41) is 0.473. The highest BCUT2D eigenvalue weighted by Crippen LogP contribution is 2.63. The minimum Gasteiger partial charge on any atom is -0.324 e. The predicted octanol–water partition coefficient (Wildman–Crippen LogP) is 3.00. The summed E-state index contributed by atoms with van der Waals surface area (Å²) in [6.07, 6.45) is 4.26. The Morgan fingerprint density at radius 1 is 1.13 bits per heavy atom. The second kappa shape index (κ2) is 2.74. The molecule has 0 unspecified atom stereocenters. The fraction of sp³-hybridized carbons (Fsp3) is 0.500. The zero-order valence-corrected chi connectivity index (χ0v) is 9.15. The van der Waals surface area contributed by atoms with Gasteiger partial charge in [0.05, 0.1) is 0 Å². The highest BCUT2D eigenvalue weighted by molar-refractivity contribution is 6.30. The second-order valence-corrected chi connectivity index (χ2v) is 5.33. The molecule has 0 amide bonds. The lowest BCUT2D eigenvalue weighted by Crippen LogP contribution is -2.37. The summed E-state index contributed by atoms with van der Waals surface area (Å²) in [5.41, 5.74) is 7.19. The first-order valence-electron chi connectivity index (χ1n) is 5.31. The maximum absolute atomic E-state index is 13.3. The van der Waals surface area contributed by atoms with Crippen LogP contribution in [0.3, 0.4) is 0 Å². The minimum atomic E-state index is -0.256. The van der Waals surface area contributed by atoms with Gasteiger partial charge in [-0.1, -0.05) is 11.6 Å². The molecular formula is C12H13ClFN. The molecule has 0 bridgehead atoms. The van der Waals surface area contributed by atoms with Crippen LogP contribution in [0.15, 0.2) is 18.2 Å². The number of benzene rings is 1. The Morgan fingerprint density at radius 3 is 2.27 bits per heavy atom. The van der Waals surface area contributed by atoms with Crippen LogP contribution in [0.25, 0.3) is 0 Å². The highest BCUT2D eigenvalue weighted by atomic mass is 35.5. The van der Waals surface area contributed by atoms with Crippen LogP contribution in [0, 0.1) is 5.82 Å². The summed E-state index contributed by atoms with van der Waals surface area (Å²) < 4.78 is 13.3. The number of halogens is 2. The molecule has 0 aromatic heterocycles. The van der Waals surface area contributed by atoms with E-state index in [4.69, 9.17) is 17.3 Å². The van der Waals surface area contributed by atoms with Crippen molar-refractivity contribution in [1.29, 1.82) is 0 Å². The first-order valence-corrected chi connectivity index (χ1v) is 5.69. The monoisotopic (exact) mass is 225 g/mol. The molecule has 2 saturated carbocycles. The summed E-state index contributed by atoms with van der Waals surface area (Å²) in [6.45, 7) is 0. The number of rotatable bonds is 2. The molecule has 0 atom stereocenters. The maximum Gasteiger partial charge on any atom is 0.124 e. The molecule has 1 aromatic rings. The van der Waals surface area contributed by atoms with Crippen LogP contribution in [-0.2, 0) is 5.41 Å². The van der Waals surface area contributed by atoms with Crippen LogP contribution < -0.4 is 5.73 Å². The molecule has 2 aliphatic rings. The van der Waals surface area contributed by atoms with Crippen LogP contribution in [-0.4, -0.2) is 5.54 Å². The third kappa shape index (κ3) is 1.31. The van der Waals surface area contributed by atoms with E-state index in [1.54, 1.807) is 6.07 Å². The van der Waals surface area contributed by atoms with Gasteiger partial charge in [0.2, 0.25) is 0 Å². The van der Waals surface area contributed by atoms with Gasteiger partial charge < -0.3 is 5.73 Å². The van der Waals surface area contributed by atoms with E-state index in [1.165, 1.54) is 6.07 Å². The Morgan fingerprint density at radius 2 is 1.80 bits per heavy atom. The Labute approximate surface area is 93.4 Å². The third-order valence-electron chi connectivity index (χ3n) is 3.91. The van der Waals surface area contributed by atoms with Gasteiger partial charge in [0.25, 0.3) is 0 Å². The van der Waals surface area contributed by atoms with Crippen LogP contribution in [0.4, 0.5) is 4.39 Å². The van der Waals surface area contributed by atoms with Crippen LogP contribution in [0.1, 0.15) is 31.2 Å². The molecule has 15 heavy (non-hydrogen) atoms. The molecule has 80 valence electrons. The predicted molar refractivity (Wildman–Crippen MR) is 58.5 cm³/mol. The normalized spacial score (nSPS) is 25.0. The Hall–Kier alpha value is -0.600. The van der Waals surface area contributed by atoms with Crippen molar-refractivity contribution in [2.75, 3.05) is 0 Å². The maximum atomic E-state index is 13.3. The van der Waals surface area contributed by atoms with E-state index in [0.29, 0.717) is 5.02 Å². The van der Waals surface area contributed by atoms with E-state index in [1.807, 2.05) is 6.07 Å². The molecule has 2 fully saturated rings. The van der Waals surface area contributed by atoms with Crippen molar-refractivity contribution < 1.29 is 4.39 Å². The van der Waals surface area contributed by atoms with Crippen molar-refractivity contribution in [3.05, 3.63) is 34.6 Å². The Kier molecular flexibility index (Phi) is 1.76. The van der Waals surface area contributed by atoms with Gasteiger partial charge in [-0.2, -0.15) is 0 Å². The average Bonchev–Trinajstić information content (AvgIpc) is 2.96. The van der Waals surface area contributed by atoms with Crippen LogP contribution in [0.2, 0.25) is 5.02 Å². The van der Waals surface area contributed by atoms with Crippen LogP contribution in [0.5, 0.6) is 0 Å². The van der Waals surface area contributed by atoms with Gasteiger partial charge in [0, 0.05) is 16.0 Å². The first-order chi connectivity index (χ1) is 7.06. The van der Waals surface area contributed by atoms with Gasteiger partial charge in [-0.15, -0.1) is 0 Å². The van der Waals surface area contributed by atoms with Crippen molar-refractivity contribution in [2.45, 2.75) is 36.6 Å². The van der Waals surface area contributed by atoms with Crippen molar-refractivity contribution in [2.24, 2.45) is 5.73 Å². The van der Waals surface area contributed by atoms with Gasteiger partial charge in [-0.25, -0.2) is 4.39 Å². The van der Waals surface area contributed by atoms with Gasteiger partial charge in [-0.05, 0) is 49.4 Å². The lowest BCUT2D eigenvalue weighted by Gasteiger charge is -2.23. The van der Waals surface area contributed by atoms with Crippen LogP contribution >= 0.6 is 11.6 Å². The van der Waals surface area contributed by atoms with Crippen molar-refractivity contribution >= 4 is 11.6 Å². The highest BCUT2D eigenvalue weighted by Gasteiger charge is 2.64. The summed E-state index contributed by atoms with van der Waals surface area (Å²) in [4.78, 5) is 0. The summed E-state index contributed by atoms with van der Waals surface area (Å²) >= 11 is 5.87. The Bertz CT molecular complexity index is 401. The average molecular weight is 226 g/mol. The van der Waals surface area contributed by atoms with Gasteiger partial charge in [0.1, 0.15) is 5.82 Å². The molecular weight excluding hydrogens is 213 g/mol. The zero-order valence-electron chi connectivity index (χ0n) is 8.39. The molecule has 2 N–H and O–H groups in total. The third-order valence-corrected chi connectivity index (χ3v) is 4.13. The molecule has 1 aromatic carbocycles. The van der Waals surface area contributed by atoms with Crippen molar-refractivity contribution in [3.8, 4) is 0 Å². The molecule has 0 aliphatic heterocycles. The number of hydrogen-bond acceptors (Lipinski definition) is 1. The van der Waals surface area contributed by atoms with E-state index in [-0.39, 0.29) is 16.8 Å². The molecule has 0 radical (unpaired) electrons. The summed E-state index contributed by atoms with van der Waals surface area (Å²) in [5.74, 6) is -0.256. The fourth-order valence-corrected chi connectivity index (χ4v) is 2.86. The summed E-state index contributed by atoms with van der Waals surface area (Å²) in [6, 6.07) is 4.80. The van der Waals surface area contributed by atoms with Gasteiger partial charge in [0.15, 0.2) is 0 Å². The SMILES string of the molecule is NC1(C2(c3cc(F)cc(Cl)c3)CC2)CC1. The van der Waals surface area contributed by atoms with Gasteiger partial charge >= 0.3 is 0 Å². The molecule has 1 nitrogen and oxygen atoms in total. The van der Waals surface area contributed by atoms with Gasteiger partial charge in [-0.3, -0.25) is 0 Å². The van der Waals surface area contributed by atoms with E-state index in [2.05, 4.69) is 0 Å². The lowest BCUT2D eigenvalue weighted by atomic mass is 9.86. The first kappa shape index (κ1) is 9.61. The topological polar surface area (TPSA) is 26.0 Å². The molecule has 2 aliphatic carbocycles. The van der Waals surface area contributed by atoms with E-state index in [0.717, 1.165) is 31.2 Å².